The first kappa shape index (κ1) is 21.5. The molecule has 3 nitrogen and oxygen atoms in total. The molecule has 0 amide bonds. The van der Waals surface area contributed by atoms with Gasteiger partial charge in [-0.3, -0.25) is 0 Å². The fourth-order valence-electron chi connectivity index (χ4n) is 6.73. The summed E-state index contributed by atoms with van der Waals surface area (Å²) in [6, 6.07) is 6.74. The molecule has 1 aromatic carbocycles. The van der Waals surface area contributed by atoms with E-state index in [1.54, 1.807) is 24.3 Å². The number of carbonyl (C=O) groups excluding carboxylic acids is 1. The van der Waals surface area contributed by atoms with Gasteiger partial charge < -0.3 is 0 Å². The van der Waals surface area contributed by atoms with Gasteiger partial charge in [0.1, 0.15) is 0 Å². The van der Waals surface area contributed by atoms with Gasteiger partial charge in [0.2, 0.25) is 0 Å². The fourth-order valence-corrected chi connectivity index (χ4v) is 26.3. The van der Waals surface area contributed by atoms with Crippen molar-refractivity contribution in [3.8, 4) is 5.75 Å². The molecule has 3 aliphatic carbocycles. The van der Waals surface area contributed by atoms with Gasteiger partial charge in [0.05, 0.1) is 0 Å². The molecule has 0 bridgehead atoms. The van der Waals surface area contributed by atoms with E-state index in [1.165, 1.54) is 96.3 Å². The predicted molar refractivity (Wildman–Crippen MR) is 120 cm³/mol. The molecule has 4 heteroatoms. The van der Waals surface area contributed by atoms with E-state index < -0.39 is 18.8 Å². The van der Waals surface area contributed by atoms with Gasteiger partial charge in [0.15, 0.2) is 0 Å². The Kier molecular flexibility index (Phi) is 7.47. The Balaban J connectivity index is 1.69. The summed E-state index contributed by atoms with van der Waals surface area (Å²) in [6.45, 7) is 0. The van der Waals surface area contributed by atoms with Gasteiger partial charge in [-0.15, -0.1) is 0 Å². The maximum atomic E-state index is 13.4. The predicted octanol–water partition coefficient (Wildman–Crippen LogP) is 7.50. The van der Waals surface area contributed by atoms with Crippen LogP contribution in [0.3, 0.4) is 0 Å². The van der Waals surface area contributed by atoms with Gasteiger partial charge in [0.25, 0.3) is 0 Å². The Labute approximate surface area is 181 Å². The summed E-state index contributed by atoms with van der Waals surface area (Å²) in [6.07, 6.45) is 19.9. The minimum atomic E-state index is -3.28. The number of hydrogen-bond donors (Lipinski definition) is 1. The Morgan fingerprint density at radius 2 is 1.07 bits per heavy atom. The average Bonchev–Trinajstić information content (AvgIpc) is 2.79. The SMILES string of the molecule is O=C([O][Sn]([CH]1CCCCC1)([CH]1CCCCC1)[CH]1CCCCC1)c1ccc(O)cc1. The third-order valence-corrected chi connectivity index (χ3v) is 25.5. The molecule has 3 saturated carbocycles. The van der Waals surface area contributed by atoms with Crippen molar-refractivity contribution in [3.63, 3.8) is 0 Å². The molecule has 0 aliphatic heterocycles. The molecule has 1 aromatic rings. The third kappa shape index (κ3) is 4.80. The summed E-state index contributed by atoms with van der Waals surface area (Å²) in [4.78, 5) is 13.4. The first-order valence-electron chi connectivity index (χ1n) is 12.2. The molecule has 0 radical (unpaired) electrons. The number of rotatable bonds is 5. The molecule has 0 unspecified atom stereocenters. The van der Waals surface area contributed by atoms with Crippen LogP contribution in [0.5, 0.6) is 5.75 Å². The van der Waals surface area contributed by atoms with Crippen molar-refractivity contribution in [2.75, 3.05) is 0 Å². The Morgan fingerprint density at radius 3 is 1.45 bits per heavy atom. The molecular formula is C25H38O3Sn. The monoisotopic (exact) mass is 506 g/mol. The summed E-state index contributed by atoms with van der Waals surface area (Å²) in [5, 5.41) is 9.64. The second-order valence-corrected chi connectivity index (χ2v) is 22.2. The van der Waals surface area contributed by atoms with Crippen LogP contribution in [0.15, 0.2) is 24.3 Å². The van der Waals surface area contributed by atoms with Crippen LogP contribution in [-0.4, -0.2) is 29.9 Å². The summed E-state index contributed by atoms with van der Waals surface area (Å²) in [5.41, 5.74) is 0.631. The van der Waals surface area contributed by atoms with Crippen LogP contribution < -0.4 is 0 Å². The number of phenols is 1. The molecular weight excluding hydrogens is 467 g/mol. The van der Waals surface area contributed by atoms with Crippen molar-refractivity contribution < 1.29 is 13.0 Å². The summed E-state index contributed by atoms with van der Waals surface area (Å²) in [7, 11) is 0. The molecule has 0 spiro atoms. The zero-order valence-electron chi connectivity index (χ0n) is 17.9. The average molecular weight is 505 g/mol. The van der Waals surface area contributed by atoms with Gasteiger partial charge in [-0.05, 0) is 0 Å². The molecule has 160 valence electrons. The van der Waals surface area contributed by atoms with Gasteiger partial charge in [-0.2, -0.15) is 0 Å². The van der Waals surface area contributed by atoms with Crippen LogP contribution in [0.2, 0.25) is 11.8 Å². The normalized spacial score (nSPS) is 23.0. The van der Waals surface area contributed by atoms with Crippen molar-refractivity contribution in [1.29, 1.82) is 0 Å². The van der Waals surface area contributed by atoms with Gasteiger partial charge >= 0.3 is 181 Å². The third-order valence-electron chi connectivity index (χ3n) is 8.10. The molecule has 0 saturated heterocycles. The van der Waals surface area contributed by atoms with E-state index in [4.69, 9.17) is 3.07 Å². The number of aromatic hydroxyl groups is 1. The van der Waals surface area contributed by atoms with E-state index in [0.717, 1.165) is 11.8 Å². The Hall–Kier alpha value is -0.711. The number of benzene rings is 1. The van der Waals surface area contributed by atoms with E-state index in [1.807, 2.05) is 0 Å². The number of carbonyl (C=O) groups is 1. The van der Waals surface area contributed by atoms with E-state index in [2.05, 4.69) is 0 Å². The first-order valence-corrected chi connectivity index (χ1v) is 18.3. The van der Waals surface area contributed by atoms with E-state index >= 15 is 0 Å². The van der Waals surface area contributed by atoms with Crippen molar-refractivity contribution in [2.24, 2.45) is 0 Å². The van der Waals surface area contributed by atoms with Crippen LogP contribution in [-0.2, 0) is 3.07 Å². The second-order valence-electron chi connectivity index (χ2n) is 9.79. The quantitative estimate of drug-likeness (QED) is 0.422. The van der Waals surface area contributed by atoms with Crippen molar-refractivity contribution in [3.05, 3.63) is 29.8 Å². The van der Waals surface area contributed by atoms with Crippen molar-refractivity contribution in [2.45, 2.75) is 108 Å². The van der Waals surface area contributed by atoms with Crippen LogP contribution in [0.1, 0.15) is 107 Å². The van der Waals surface area contributed by atoms with Gasteiger partial charge in [-0.1, -0.05) is 0 Å². The minimum absolute atomic E-state index is 0.0810. The number of hydrogen-bond acceptors (Lipinski definition) is 3. The fraction of sp³-hybridized carbons (Fsp3) is 0.720. The van der Waals surface area contributed by atoms with Gasteiger partial charge in [-0.25, -0.2) is 0 Å². The molecule has 1 N–H and O–H groups in total. The van der Waals surface area contributed by atoms with Crippen LogP contribution in [0.4, 0.5) is 0 Å². The van der Waals surface area contributed by atoms with Crippen molar-refractivity contribution in [1.82, 2.24) is 0 Å². The molecule has 3 aliphatic rings. The molecule has 4 rings (SSSR count). The van der Waals surface area contributed by atoms with Crippen LogP contribution in [0.25, 0.3) is 0 Å². The standard InChI is InChI=1S/C7H6O3.3C6H11.Sn/c8-6-3-1-5(2-4-6)7(9)10;3*1-2-4-6-5-3-1;/h1-4,8H,(H,9,10);3*1H,2-6H2;/q;;;;+1/p-1. The Morgan fingerprint density at radius 1 is 0.690 bits per heavy atom. The molecule has 0 atom stereocenters. The molecule has 29 heavy (non-hydrogen) atoms. The summed E-state index contributed by atoms with van der Waals surface area (Å²) < 4.78 is 9.15. The van der Waals surface area contributed by atoms with E-state index in [-0.39, 0.29) is 11.7 Å². The molecule has 0 aromatic heterocycles. The Bertz CT molecular complexity index is 608. The van der Waals surface area contributed by atoms with E-state index in [9.17, 15) is 9.90 Å². The molecule has 0 heterocycles. The van der Waals surface area contributed by atoms with Crippen molar-refractivity contribution >= 4 is 24.8 Å². The zero-order valence-corrected chi connectivity index (χ0v) is 20.8. The first-order chi connectivity index (χ1) is 14.2. The molecule has 3 fully saturated rings. The zero-order chi connectivity index (χ0) is 20.1. The maximum absolute atomic E-state index is 13.4. The van der Waals surface area contributed by atoms with E-state index in [0.29, 0.717) is 5.56 Å². The van der Waals surface area contributed by atoms with Gasteiger partial charge in [0, 0.05) is 0 Å². The summed E-state index contributed by atoms with van der Waals surface area (Å²) >= 11 is -3.28. The number of phenolic OH excluding ortho intramolecular Hbond substituents is 1. The topological polar surface area (TPSA) is 46.5 Å². The van der Waals surface area contributed by atoms with Crippen LogP contribution in [0, 0.1) is 0 Å². The summed E-state index contributed by atoms with van der Waals surface area (Å²) in [5.74, 6) is 0.130. The second kappa shape index (κ2) is 10.1. The van der Waals surface area contributed by atoms with Crippen LogP contribution >= 0.6 is 0 Å².